The molecular formula is C69H58N6O7S2. The van der Waals surface area contributed by atoms with Crippen molar-refractivity contribution in [1.82, 2.24) is 0 Å². The Kier molecular flexibility index (Phi) is 18.6. The zero-order valence-corrected chi connectivity index (χ0v) is 48.0. The number of nitrogens with one attached hydrogen (secondary N) is 2. The first-order valence-electron chi connectivity index (χ1n) is 26.6. The van der Waals surface area contributed by atoms with Crippen LogP contribution in [0.1, 0.15) is 21.5 Å². The predicted octanol–water partition coefficient (Wildman–Crippen LogP) is 14.5. The molecule has 2 N–H and O–H groups in total. The molecule has 0 bridgehead atoms. The van der Waals surface area contributed by atoms with Crippen molar-refractivity contribution in [3.63, 3.8) is 0 Å². The first-order valence-corrected chi connectivity index (χ1v) is 29.4. The van der Waals surface area contributed by atoms with Crippen molar-refractivity contribution in [2.75, 3.05) is 10.7 Å². The number of carbonyl (C=O) groups excluding carboxylic acids is 1. The molecule has 15 heteroatoms. The summed E-state index contributed by atoms with van der Waals surface area (Å²) in [6, 6.07) is 77.6. The van der Waals surface area contributed by atoms with E-state index >= 15 is 0 Å². The van der Waals surface area contributed by atoms with Gasteiger partial charge in [-0.05, 0) is 153 Å². The molecule has 11 aromatic rings. The highest BCUT2D eigenvalue weighted by molar-refractivity contribution is 7.86. The van der Waals surface area contributed by atoms with Gasteiger partial charge >= 0.3 is 0 Å². The van der Waals surface area contributed by atoms with E-state index in [9.17, 15) is 30.7 Å². The van der Waals surface area contributed by atoms with Crippen LogP contribution in [-0.2, 0) is 34.3 Å². The van der Waals surface area contributed by atoms with Crippen LogP contribution in [0, 0.1) is 13.8 Å². The zero-order chi connectivity index (χ0) is 59.2. The number of carbonyl (C=O) groups is 1. The lowest BCUT2D eigenvalue weighted by atomic mass is 9.98. The minimum Gasteiger partial charge on any atom is -0.744 e. The molecule has 13 nitrogen and oxygen atoms in total. The first kappa shape index (κ1) is 58.6. The molecule has 9 aromatic carbocycles. The van der Waals surface area contributed by atoms with Crippen molar-refractivity contribution in [3.8, 4) is 66.8 Å². The molecule has 0 spiro atoms. The fourth-order valence-electron chi connectivity index (χ4n) is 8.72. The average Bonchev–Trinajstić information content (AvgIpc) is 3.68. The monoisotopic (exact) mass is 1150 g/mol. The summed E-state index contributed by atoms with van der Waals surface area (Å²) < 4.78 is 66.4. The number of aromatic nitrogens is 2. The van der Waals surface area contributed by atoms with Crippen molar-refractivity contribution in [2.24, 2.45) is 24.4 Å². The third kappa shape index (κ3) is 16.1. The Bertz CT molecular complexity index is 4170. The number of pyridine rings is 2. The number of anilines is 2. The minimum atomic E-state index is -4.27. The van der Waals surface area contributed by atoms with E-state index in [0.717, 1.165) is 56.0 Å². The normalized spacial score (nSPS) is 11.2. The van der Waals surface area contributed by atoms with Crippen LogP contribution in [0.25, 0.3) is 66.8 Å². The average molecular weight is 1150 g/mol. The van der Waals surface area contributed by atoms with Gasteiger partial charge < -0.3 is 14.4 Å². The lowest BCUT2D eigenvalue weighted by Gasteiger charge is -2.09. The van der Waals surface area contributed by atoms with Gasteiger partial charge in [-0.3, -0.25) is 10.2 Å². The molecule has 2 aromatic heterocycles. The molecule has 2 heterocycles. The summed E-state index contributed by atoms with van der Waals surface area (Å²) in [4.78, 5) is 12.7. The first-order chi connectivity index (χ1) is 40.4. The topological polar surface area (TPSA) is 188 Å². The maximum Gasteiger partial charge on any atom is 0.255 e. The number of aryl methyl sites for hydroxylation is 4. The van der Waals surface area contributed by atoms with E-state index in [-0.39, 0.29) is 15.7 Å². The molecule has 418 valence electrons. The van der Waals surface area contributed by atoms with E-state index in [2.05, 4.69) is 167 Å². The van der Waals surface area contributed by atoms with Crippen molar-refractivity contribution >= 4 is 43.2 Å². The van der Waals surface area contributed by atoms with E-state index in [1.165, 1.54) is 63.2 Å². The Labute approximate surface area is 490 Å². The summed E-state index contributed by atoms with van der Waals surface area (Å²) in [5.41, 5.74) is 21.4. The summed E-state index contributed by atoms with van der Waals surface area (Å²) in [6.45, 7) is 3.64. The van der Waals surface area contributed by atoms with Crippen molar-refractivity contribution in [2.45, 2.75) is 23.6 Å². The standard InChI is InChI=1S/C55H42N6O.2C7H8O3S/c1-60-35-31-49(32-36-60)45-15-11-41(12-16-45)39-3-7-43(8-4-39)47-19-25-52(26-20-47)56-55(62)51-23-29-54(30-24-51)58-59-57-53-27-21-48(22-28-53)44-9-5-40(6-10-44)42-13-17-46(18-14-42)50-33-37-61(2)38-34-50;2*1-6-2-4-7(5-3-6)11(8,9)10/h3-38H,1-2H3;2*2-5H,1H3,(H,8,9,10). The second-order valence-corrected chi connectivity index (χ2v) is 22.6. The van der Waals surface area contributed by atoms with Crippen molar-refractivity contribution in [3.05, 3.63) is 284 Å². The van der Waals surface area contributed by atoms with Crippen LogP contribution in [0.2, 0.25) is 0 Å². The third-order valence-corrected chi connectivity index (χ3v) is 15.3. The van der Waals surface area contributed by atoms with E-state index in [1.54, 1.807) is 36.4 Å². The molecular weight excluding hydrogens is 1090 g/mol. The zero-order valence-electron chi connectivity index (χ0n) is 46.4. The van der Waals surface area contributed by atoms with Gasteiger partial charge in [-0.1, -0.05) is 162 Å². The van der Waals surface area contributed by atoms with Gasteiger partial charge in [0.25, 0.3) is 5.91 Å². The van der Waals surface area contributed by atoms with Gasteiger partial charge in [0.05, 0.1) is 21.2 Å². The predicted molar refractivity (Wildman–Crippen MR) is 329 cm³/mol. The summed E-state index contributed by atoms with van der Waals surface area (Å²) in [5, 5.41) is 11.5. The lowest BCUT2D eigenvalue weighted by molar-refractivity contribution is -0.671. The second kappa shape index (κ2) is 26.7. The van der Waals surface area contributed by atoms with Crippen molar-refractivity contribution < 1.29 is 39.9 Å². The largest absolute Gasteiger partial charge is 0.744 e. The molecule has 0 fully saturated rings. The maximum atomic E-state index is 13.1. The Morgan fingerprint density at radius 2 is 0.619 bits per heavy atom. The highest BCUT2D eigenvalue weighted by Crippen LogP contribution is 2.31. The summed E-state index contributed by atoms with van der Waals surface area (Å²) in [5.74, 6) is -0.191. The number of rotatable bonds is 13. The van der Waals surface area contributed by atoms with Crippen LogP contribution >= 0.6 is 0 Å². The smallest absolute Gasteiger partial charge is 0.255 e. The van der Waals surface area contributed by atoms with E-state index in [1.807, 2.05) is 97.7 Å². The Hall–Kier alpha value is -10.0. The van der Waals surface area contributed by atoms with Crippen LogP contribution < -0.4 is 19.9 Å². The molecule has 0 radical (unpaired) electrons. The molecule has 0 aliphatic rings. The van der Waals surface area contributed by atoms with Gasteiger partial charge in [0.15, 0.2) is 24.8 Å². The molecule has 11 rings (SSSR count). The Balaban J connectivity index is 0.000000320. The number of nitrogens with zero attached hydrogens (tertiary/aromatic N) is 4. The minimum absolute atomic E-state index is 0.178. The van der Waals surface area contributed by atoms with Crippen LogP contribution in [-0.4, -0.2) is 31.8 Å². The van der Waals surface area contributed by atoms with Crippen molar-refractivity contribution in [1.29, 1.82) is 0 Å². The Morgan fingerprint density at radius 1 is 0.357 bits per heavy atom. The van der Waals surface area contributed by atoms with Gasteiger partial charge in [-0.25, -0.2) is 26.0 Å². The third-order valence-electron chi connectivity index (χ3n) is 13.6. The lowest BCUT2D eigenvalue weighted by Crippen LogP contribution is -2.25. The van der Waals surface area contributed by atoms with Crippen LogP contribution in [0.5, 0.6) is 0 Å². The molecule has 1 amide bonds. The van der Waals surface area contributed by atoms with E-state index in [4.69, 9.17) is 0 Å². The molecule has 84 heavy (non-hydrogen) atoms. The summed E-state index contributed by atoms with van der Waals surface area (Å²) in [6.07, 6.45) is 8.25. The molecule has 0 saturated heterocycles. The molecule has 0 atom stereocenters. The quantitative estimate of drug-likeness (QED) is 0.0494. The molecule has 0 aliphatic heterocycles. The highest BCUT2D eigenvalue weighted by Gasteiger charge is 2.10. The molecule has 0 aliphatic carbocycles. The summed E-state index contributed by atoms with van der Waals surface area (Å²) >= 11 is 0. The molecule has 0 saturated carbocycles. The number of benzene rings is 9. The van der Waals surface area contributed by atoms with Crippen LogP contribution in [0.15, 0.2) is 288 Å². The number of amides is 1. The molecule has 0 unspecified atom stereocenters. The fraction of sp³-hybridized carbons (Fsp3) is 0.0580. The Morgan fingerprint density at radius 3 is 0.917 bits per heavy atom. The van der Waals surface area contributed by atoms with Crippen LogP contribution in [0.3, 0.4) is 0 Å². The van der Waals surface area contributed by atoms with Gasteiger partial charge in [0, 0.05) is 35.5 Å². The van der Waals surface area contributed by atoms with Gasteiger partial charge in [0.2, 0.25) is 0 Å². The van der Waals surface area contributed by atoms with E-state index in [0.29, 0.717) is 5.56 Å². The number of hydrogen-bond acceptors (Lipinski definition) is 9. The maximum absolute atomic E-state index is 13.1. The SMILES string of the molecule is C[n+]1ccc(-c2ccc(-c3ccc(-c4ccc(N=NNc5ccc(C(=O)Nc6ccc(-c7ccc(-c8ccc(-c9cc[n+](C)cc9)cc8)cc7)cc6)cc5)cc4)cc3)cc2)cc1.Cc1ccc(S(=O)(=O)[O-])cc1.Cc1ccc(S(=O)(=O)[O-])cc1. The second-order valence-electron chi connectivity index (χ2n) is 19.8. The number of hydrogen-bond donors (Lipinski definition) is 2. The van der Waals surface area contributed by atoms with Gasteiger partial charge in [0.1, 0.15) is 34.3 Å². The fourth-order valence-corrected chi connectivity index (χ4v) is 9.66. The summed E-state index contributed by atoms with van der Waals surface area (Å²) in [7, 11) is -4.49. The van der Waals surface area contributed by atoms with E-state index < -0.39 is 20.2 Å². The highest BCUT2D eigenvalue weighted by atomic mass is 32.2. The van der Waals surface area contributed by atoms with Gasteiger partial charge in [-0.15, -0.1) is 5.11 Å². The van der Waals surface area contributed by atoms with Crippen LogP contribution in [0.4, 0.5) is 17.1 Å². The van der Waals surface area contributed by atoms with Gasteiger partial charge in [-0.2, -0.15) is 0 Å².